The molecular formula is C12H16N4O. The Bertz CT molecular complexity index is 518. The lowest BCUT2D eigenvalue weighted by Gasteiger charge is -2.07. The van der Waals surface area contributed by atoms with E-state index in [-0.39, 0.29) is 11.9 Å². The van der Waals surface area contributed by atoms with Crippen LogP contribution in [0.2, 0.25) is 0 Å². The average molecular weight is 232 g/mol. The molecule has 1 aromatic carbocycles. The number of carbonyl (C=O) groups excluding carboxylic acids is 1. The van der Waals surface area contributed by atoms with Crippen LogP contribution in [0.1, 0.15) is 18.9 Å². The van der Waals surface area contributed by atoms with Gasteiger partial charge in [-0.15, -0.1) is 0 Å². The van der Waals surface area contributed by atoms with Crippen molar-refractivity contribution in [1.82, 2.24) is 15.3 Å². The Hall–Kier alpha value is -1.88. The highest BCUT2D eigenvalue weighted by molar-refractivity contribution is 5.77. The van der Waals surface area contributed by atoms with Gasteiger partial charge in [0.1, 0.15) is 0 Å². The van der Waals surface area contributed by atoms with Crippen LogP contribution >= 0.6 is 0 Å². The normalized spacial score (nSPS) is 12.6. The summed E-state index contributed by atoms with van der Waals surface area (Å²) in [6.07, 6.45) is 2.01. The summed E-state index contributed by atoms with van der Waals surface area (Å²) in [5.74, 6) is -0.0234. The van der Waals surface area contributed by atoms with E-state index < -0.39 is 0 Å². The summed E-state index contributed by atoms with van der Waals surface area (Å²) in [6.45, 7) is 2.33. The number of imidazole rings is 1. The molecule has 2 rings (SSSR count). The van der Waals surface area contributed by atoms with Crippen molar-refractivity contribution >= 4 is 16.9 Å². The number of H-pyrrole nitrogens is 1. The minimum atomic E-state index is -0.106. The maximum absolute atomic E-state index is 11.4. The zero-order chi connectivity index (χ0) is 12.3. The van der Waals surface area contributed by atoms with Crippen LogP contribution in [-0.2, 0) is 11.3 Å². The first kappa shape index (κ1) is 11.6. The minimum absolute atomic E-state index is 0.0234. The van der Waals surface area contributed by atoms with Crippen LogP contribution in [0.25, 0.3) is 11.0 Å². The quantitative estimate of drug-likeness (QED) is 0.732. The molecular weight excluding hydrogens is 216 g/mol. The molecule has 0 bridgehead atoms. The van der Waals surface area contributed by atoms with E-state index in [0.29, 0.717) is 13.0 Å². The summed E-state index contributed by atoms with van der Waals surface area (Å²) in [5.41, 5.74) is 8.49. The Morgan fingerprint density at radius 3 is 3.18 bits per heavy atom. The Kier molecular flexibility index (Phi) is 3.39. The van der Waals surface area contributed by atoms with Crippen molar-refractivity contribution in [3.05, 3.63) is 30.1 Å². The maximum atomic E-state index is 11.4. The van der Waals surface area contributed by atoms with E-state index in [0.717, 1.165) is 16.6 Å². The molecule has 5 nitrogen and oxygen atoms in total. The van der Waals surface area contributed by atoms with Crippen LogP contribution in [0.5, 0.6) is 0 Å². The van der Waals surface area contributed by atoms with Gasteiger partial charge < -0.3 is 16.0 Å². The monoisotopic (exact) mass is 232 g/mol. The van der Waals surface area contributed by atoms with Crippen LogP contribution in [0.4, 0.5) is 0 Å². The van der Waals surface area contributed by atoms with Crippen LogP contribution < -0.4 is 11.1 Å². The van der Waals surface area contributed by atoms with Gasteiger partial charge in [0.2, 0.25) is 5.91 Å². The smallest absolute Gasteiger partial charge is 0.221 e. The molecule has 5 heteroatoms. The van der Waals surface area contributed by atoms with E-state index >= 15 is 0 Å². The summed E-state index contributed by atoms with van der Waals surface area (Å²) >= 11 is 0. The molecule has 0 aliphatic rings. The number of benzene rings is 1. The summed E-state index contributed by atoms with van der Waals surface area (Å²) < 4.78 is 0. The highest BCUT2D eigenvalue weighted by Crippen LogP contribution is 2.11. The number of aromatic amines is 1. The second-order valence-electron chi connectivity index (χ2n) is 4.21. The van der Waals surface area contributed by atoms with Gasteiger partial charge in [-0.1, -0.05) is 6.07 Å². The molecule has 1 atom stereocenters. The summed E-state index contributed by atoms with van der Waals surface area (Å²) in [7, 11) is 0. The molecule has 1 heterocycles. The molecule has 4 N–H and O–H groups in total. The second-order valence-corrected chi connectivity index (χ2v) is 4.21. The van der Waals surface area contributed by atoms with Gasteiger partial charge in [-0.3, -0.25) is 4.79 Å². The third kappa shape index (κ3) is 3.04. The number of rotatable bonds is 4. The Balaban J connectivity index is 1.96. The lowest BCUT2D eigenvalue weighted by molar-refractivity contribution is -0.121. The number of hydrogen-bond acceptors (Lipinski definition) is 3. The predicted octanol–water partition coefficient (Wildman–Crippen LogP) is 0.916. The van der Waals surface area contributed by atoms with Crippen molar-refractivity contribution in [2.75, 3.05) is 0 Å². The molecule has 0 spiro atoms. The van der Waals surface area contributed by atoms with E-state index in [4.69, 9.17) is 5.73 Å². The van der Waals surface area contributed by atoms with Crippen LogP contribution in [0.3, 0.4) is 0 Å². The number of fused-ring (bicyclic) bond motifs is 1. The molecule has 0 aliphatic carbocycles. The first-order valence-corrected chi connectivity index (χ1v) is 5.59. The number of nitrogens with two attached hydrogens (primary N) is 1. The number of nitrogens with one attached hydrogen (secondary N) is 2. The predicted molar refractivity (Wildman–Crippen MR) is 66.2 cm³/mol. The number of carbonyl (C=O) groups is 1. The molecule has 0 aliphatic heterocycles. The third-order valence-corrected chi connectivity index (χ3v) is 2.48. The zero-order valence-electron chi connectivity index (χ0n) is 9.73. The standard InChI is InChI=1S/C12H16N4O/c1-8(13)4-12(17)14-6-9-2-3-10-11(5-9)16-7-15-10/h2-3,5,7-8H,4,6,13H2,1H3,(H,14,17)(H,15,16). The average Bonchev–Trinajstić information content (AvgIpc) is 2.72. The van der Waals surface area contributed by atoms with Gasteiger partial charge in [0.25, 0.3) is 0 Å². The maximum Gasteiger partial charge on any atom is 0.221 e. The molecule has 0 radical (unpaired) electrons. The largest absolute Gasteiger partial charge is 0.352 e. The summed E-state index contributed by atoms with van der Waals surface area (Å²) in [4.78, 5) is 18.6. The van der Waals surface area contributed by atoms with Crippen molar-refractivity contribution in [3.8, 4) is 0 Å². The topological polar surface area (TPSA) is 83.8 Å². The van der Waals surface area contributed by atoms with Gasteiger partial charge in [-0.05, 0) is 24.6 Å². The molecule has 1 aromatic heterocycles. The third-order valence-electron chi connectivity index (χ3n) is 2.48. The van der Waals surface area contributed by atoms with E-state index in [2.05, 4.69) is 15.3 Å². The highest BCUT2D eigenvalue weighted by atomic mass is 16.1. The Labute approximate surface area is 99.4 Å². The highest BCUT2D eigenvalue weighted by Gasteiger charge is 2.05. The SMILES string of the molecule is CC(N)CC(=O)NCc1ccc2nc[nH]c2c1. The number of nitrogens with zero attached hydrogens (tertiary/aromatic N) is 1. The molecule has 0 saturated carbocycles. The van der Waals surface area contributed by atoms with Gasteiger partial charge in [-0.2, -0.15) is 0 Å². The van der Waals surface area contributed by atoms with Gasteiger partial charge >= 0.3 is 0 Å². The number of hydrogen-bond donors (Lipinski definition) is 3. The van der Waals surface area contributed by atoms with Crippen molar-refractivity contribution in [2.24, 2.45) is 5.73 Å². The van der Waals surface area contributed by atoms with E-state index in [1.165, 1.54) is 0 Å². The number of aromatic nitrogens is 2. The van der Waals surface area contributed by atoms with Gasteiger partial charge in [0.05, 0.1) is 17.4 Å². The van der Waals surface area contributed by atoms with Crippen LogP contribution in [-0.4, -0.2) is 21.9 Å². The van der Waals surface area contributed by atoms with Gasteiger partial charge in [-0.25, -0.2) is 4.98 Å². The fourth-order valence-corrected chi connectivity index (χ4v) is 1.66. The Morgan fingerprint density at radius 2 is 2.41 bits per heavy atom. The lowest BCUT2D eigenvalue weighted by atomic mass is 10.2. The summed E-state index contributed by atoms with van der Waals surface area (Å²) in [5, 5.41) is 2.83. The molecule has 1 amide bonds. The molecule has 1 unspecified atom stereocenters. The first-order valence-electron chi connectivity index (χ1n) is 5.59. The van der Waals surface area contributed by atoms with Gasteiger partial charge in [0.15, 0.2) is 0 Å². The van der Waals surface area contributed by atoms with E-state index in [9.17, 15) is 4.79 Å². The molecule has 0 saturated heterocycles. The van der Waals surface area contributed by atoms with Crippen molar-refractivity contribution in [3.63, 3.8) is 0 Å². The molecule has 2 aromatic rings. The van der Waals surface area contributed by atoms with Crippen molar-refractivity contribution < 1.29 is 4.79 Å². The van der Waals surface area contributed by atoms with E-state index in [1.54, 1.807) is 6.33 Å². The lowest BCUT2D eigenvalue weighted by Crippen LogP contribution is -2.29. The van der Waals surface area contributed by atoms with Crippen molar-refractivity contribution in [2.45, 2.75) is 25.9 Å². The van der Waals surface area contributed by atoms with Gasteiger partial charge in [0, 0.05) is 19.0 Å². The first-order chi connectivity index (χ1) is 8.15. The van der Waals surface area contributed by atoms with Crippen molar-refractivity contribution in [1.29, 1.82) is 0 Å². The fraction of sp³-hybridized carbons (Fsp3) is 0.333. The second kappa shape index (κ2) is 4.97. The molecule has 17 heavy (non-hydrogen) atoms. The fourth-order valence-electron chi connectivity index (χ4n) is 1.66. The van der Waals surface area contributed by atoms with Crippen LogP contribution in [0, 0.1) is 0 Å². The Morgan fingerprint density at radius 1 is 1.59 bits per heavy atom. The minimum Gasteiger partial charge on any atom is -0.352 e. The zero-order valence-corrected chi connectivity index (χ0v) is 9.73. The summed E-state index contributed by atoms with van der Waals surface area (Å²) in [6, 6.07) is 5.76. The molecule has 0 fully saturated rings. The van der Waals surface area contributed by atoms with E-state index in [1.807, 2.05) is 25.1 Å². The molecule has 90 valence electrons. The van der Waals surface area contributed by atoms with Crippen LogP contribution in [0.15, 0.2) is 24.5 Å². The number of amides is 1.